The third-order valence-electron chi connectivity index (χ3n) is 3.16. The Balaban J connectivity index is 1.82. The molecule has 0 aliphatic carbocycles. The monoisotopic (exact) mass is 261 g/mol. The Bertz CT molecular complexity index is 860. The van der Waals surface area contributed by atoms with Crippen LogP contribution in [0.1, 0.15) is 0 Å². The molecule has 2 aromatic heterocycles. The third kappa shape index (κ3) is 1.68. The van der Waals surface area contributed by atoms with Crippen LogP contribution >= 0.6 is 0 Å². The Morgan fingerprint density at radius 1 is 0.800 bits per heavy atom. The van der Waals surface area contributed by atoms with Gasteiger partial charge in [0, 0.05) is 12.3 Å². The smallest absolute Gasteiger partial charge is 0.177 e. The first-order chi connectivity index (χ1) is 9.92. The van der Waals surface area contributed by atoms with Gasteiger partial charge in [-0.2, -0.15) is 4.68 Å². The first-order valence-corrected chi connectivity index (χ1v) is 6.34. The molecule has 0 radical (unpaired) electrons. The van der Waals surface area contributed by atoms with E-state index in [9.17, 15) is 0 Å². The van der Waals surface area contributed by atoms with Crippen molar-refractivity contribution in [2.45, 2.75) is 0 Å². The molecule has 5 heteroatoms. The van der Waals surface area contributed by atoms with Crippen LogP contribution in [0.25, 0.3) is 22.5 Å². The van der Waals surface area contributed by atoms with Crippen LogP contribution in [0.4, 0.5) is 0 Å². The number of aromatic nitrogens is 5. The second-order valence-electron chi connectivity index (χ2n) is 4.44. The summed E-state index contributed by atoms with van der Waals surface area (Å²) in [7, 11) is 0. The van der Waals surface area contributed by atoms with Crippen molar-refractivity contribution in [1.82, 2.24) is 24.8 Å². The molecule has 0 aliphatic rings. The van der Waals surface area contributed by atoms with Gasteiger partial charge in [-0.3, -0.25) is 0 Å². The van der Waals surface area contributed by atoms with Crippen LogP contribution in [0, 0.1) is 0 Å². The summed E-state index contributed by atoms with van der Waals surface area (Å²) in [6, 6.07) is 19.7. The molecular weight excluding hydrogens is 250 g/mol. The number of benzene rings is 2. The zero-order valence-electron chi connectivity index (χ0n) is 10.6. The summed E-state index contributed by atoms with van der Waals surface area (Å²) in [6.45, 7) is 0. The zero-order valence-corrected chi connectivity index (χ0v) is 10.6. The fourth-order valence-electron chi connectivity index (χ4n) is 2.19. The first kappa shape index (κ1) is 10.9. The Morgan fingerprint density at radius 2 is 1.60 bits per heavy atom. The van der Waals surface area contributed by atoms with E-state index >= 15 is 0 Å². The Kier molecular flexibility index (Phi) is 2.35. The number of hydrogen-bond acceptors (Lipinski definition) is 3. The lowest BCUT2D eigenvalue weighted by molar-refractivity contribution is 0.770. The molecule has 0 unspecified atom stereocenters. The largest absolute Gasteiger partial charge is 0.239 e. The average molecular weight is 261 g/mol. The fourth-order valence-corrected chi connectivity index (χ4v) is 2.19. The van der Waals surface area contributed by atoms with Crippen molar-refractivity contribution in [3.05, 3.63) is 66.9 Å². The van der Waals surface area contributed by atoms with E-state index in [1.807, 2.05) is 71.5 Å². The van der Waals surface area contributed by atoms with Crippen LogP contribution in [0.2, 0.25) is 0 Å². The van der Waals surface area contributed by atoms with Gasteiger partial charge in [0.25, 0.3) is 0 Å². The molecule has 4 aromatic rings. The van der Waals surface area contributed by atoms with Gasteiger partial charge in [-0.15, -0.1) is 10.2 Å². The molecule has 0 atom stereocenters. The molecule has 2 aromatic carbocycles. The van der Waals surface area contributed by atoms with E-state index in [0.29, 0.717) is 0 Å². The highest BCUT2D eigenvalue weighted by atomic mass is 15.5. The van der Waals surface area contributed by atoms with Gasteiger partial charge in [0.15, 0.2) is 5.82 Å². The van der Waals surface area contributed by atoms with Gasteiger partial charge in [-0.1, -0.05) is 35.5 Å². The summed E-state index contributed by atoms with van der Waals surface area (Å²) in [5.41, 5.74) is 2.83. The molecule has 5 nitrogen and oxygen atoms in total. The maximum atomic E-state index is 4.55. The van der Waals surface area contributed by atoms with Gasteiger partial charge < -0.3 is 0 Å². The summed E-state index contributed by atoms with van der Waals surface area (Å²) >= 11 is 0. The van der Waals surface area contributed by atoms with E-state index in [1.165, 1.54) is 0 Å². The van der Waals surface area contributed by atoms with Crippen LogP contribution in [0.3, 0.4) is 0 Å². The van der Waals surface area contributed by atoms with Gasteiger partial charge >= 0.3 is 0 Å². The lowest BCUT2D eigenvalue weighted by atomic mass is 10.3. The quantitative estimate of drug-likeness (QED) is 0.557. The molecule has 0 spiro atoms. The van der Waals surface area contributed by atoms with E-state index in [0.717, 1.165) is 22.5 Å². The van der Waals surface area contributed by atoms with Crippen molar-refractivity contribution >= 4 is 11.0 Å². The second-order valence-corrected chi connectivity index (χ2v) is 4.44. The molecule has 0 saturated carbocycles. The molecule has 0 aliphatic heterocycles. The average Bonchev–Trinajstić information content (AvgIpc) is 3.14. The van der Waals surface area contributed by atoms with Crippen molar-refractivity contribution in [3.63, 3.8) is 0 Å². The minimum Gasteiger partial charge on any atom is -0.239 e. The highest BCUT2D eigenvalue weighted by molar-refractivity contribution is 5.75. The zero-order chi connectivity index (χ0) is 13.4. The Labute approximate surface area is 115 Å². The summed E-state index contributed by atoms with van der Waals surface area (Å²) in [6.07, 6.45) is 1.92. The molecular formula is C15H11N5. The molecule has 20 heavy (non-hydrogen) atoms. The van der Waals surface area contributed by atoms with Crippen LogP contribution in [-0.2, 0) is 0 Å². The van der Waals surface area contributed by atoms with Crippen molar-refractivity contribution in [1.29, 1.82) is 0 Å². The third-order valence-corrected chi connectivity index (χ3v) is 3.16. The van der Waals surface area contributed by atoms with Gasteiger partial charge in [0.05, 0.1) is 11.2 Å². The van der Waals surface area contributed by atoms with Crippen molar-refractivity contribution in [3.8, 4) is 11.5 Å². The van der Waals surface area contributed by atoms with E-state index in [1.54, 1.807) is 4.68 Å². The number of rotatable bonds is 2. The maximum absolute atomic E-state index is 4.55. The molecule has 0 fully saturated rings. The molecule has 0 N–H and O–H groups in total. The summed E-state index contributed by atoms with van der Waals surface area (Å²) in [5.74, 6) is 0.752. The Morgan fingerprint density at radius 3 is 2.50 bits per heavy atom. The topological polar surface area (TPSA) is 48.5 Å². The molecule has 0 amide bonds. The second kappa shape index (κ2) is 4.31. The standard InChI is InChI=1S/C15H11N5/c1-2-6-12(7-3-1)19-11-10-15(17-19)20-14-9-5-4-8-13(14)16-18-20/h1-11H. The Hall–Kier alpha value is -2.95. The minimum atomic E-state index is 0.752. The van der Waals surface area contributed by atoms with Crippen LogP contribution in [0.15, 0.2) is 66.9 Å². The summed E-state index contributed by atoms with van der Waals surface area (Å²) in [4.78, 5) is 0. The molecule has 0 saturated heterocycles. The van der Waals surface area contributed by atoms with Crippen molar-refractivity contribution in [2.24, 2.45) is 0 Å². The minimum absolute atomic E-state index is 0.752. The van der Waals surface area contributed by atoms with E-state index < -0.39 is 0 Å². The normalized spacial score (nSPS) is 11.0. The van der Waals surface area contributed by atoms with Gasteiger partial charge in [0.1, 0.15) is 5.52 Å². The van der Waals surface area contributed by atoms with Crippen LogP contribution in [-0.4, -0.2) is 24.8 Å². The SMILES string of the molecule is c1ccc(-n2ccc(-n3nnc4ccccc43)n2)cc1. The van der Waals surface area contributed by atoms with E-state index in [4.69, 9.17) is 0 Å². The molecule has 2 heterocycles. The van der Waals surface area contributed by atoms with Gasteiger partial charge in [-0.25, -0.2) is 4.68 Å². The fraction of sp³-hybridized carbons (Fsp3) is 0. The lowest BCUT2D eigenvalue weighted by Gasteiger charge is -2.00. The van der Waals surface area contributed by atoms with Crippen LogP contribution in [0.5, 0.6) is 0 Å². The van der Waals surface area contributed by atoms with Crippen molar-refractivity contribution < 1.29 is 0 Å². The van der Waals surface area contributed by atoms with Crippen molar-refractivity contribution in [2.75, 3.05) is 0 Å². The van der Waals surface area contributed by atoms with Gasteiger partial charge in [-0.05, 0) is 24.3 Å². The first-order valence-electron chi connectivity index (χ1n) is 6.34. The number of para-hydroxylation sites is 2. The predicted molar refractivity (Wildman–Crippen MR) is 76.0 cm³/mol. The van der Waals surface area contributed by atoms with Gasteiger partial charge in [0.2, 0.25) is 0 Å². The maximum Gasteiger partial charge on any atom is 0.177 e. The number of hydrogen-bond donors (Lipinski definition) is 0. The van der Waals surface area contributed by atoms with Crippen LogP contribution < -0.4 is 0 Å². The summed E-state index contributed by atoms with van der Waals surface area (Å²) < 4.78 is 3.57. The summed E-state index contributed by atoms with van der Waals surface area (Å²) in [5, 5.41) is 12.9. The van der Waals surface area contributed by atoms with E-state index in [2.05, 4.69) is 15.4 Å². The molecule has 96 valence electrons. The number of fused-ring (bicyclic) bond motifs is 1. The predicted octanol–water partition coefficient (Wildman–Crippen LogP) is 2.61. The highest BCUT2D eigenvalue weighted by Gasteiger charge is 2.08. The number of nitrogens with zero attached hydrogens (tertiary/aromatic N) is 5. The highest BCUT2D eigenvalue weighted by Crippen LogP contribution is 2.15. The molecule has 4 rings (SSSR count). The van der Waals surface area contributed by atoms with E-state index in [-0.39, 0.29) is 0 Å². The molecule has 0 bridgehead atoms. The lowest BCUT2D eigenvalue weighted by Crippen LogP contribution is -2.00.